The van der Waals surface area contributed by atoms with E-state index >= 15 is 0 Å². The Hall–Kier alpha value is -2.17. The molecule has 0 aliphatic heterocycles. The zero-order valence-electron chi connectivity index (χ0n) is 11.9. The molecule has 4 nitrogen and oxygen atoms in total. The van der Waals surface area contributed by atoms with E-state index < -0.39 is 6.04 Å². The Morgan fingerprint density at radius 3 is 2.19 bits per heavy atom. The van der Waals surface area contributed by atoms with Crippen molar-refractivity contribution >= 4 is 5.91 Å². The number of hydrogen-bond acceptors (Lipinski definition) is 3. The van der Waals surface area contributed by atoms with Gasteiger partial charge in [-0.15, -0.1) is 0 Å². The first kappa shape index (κ1) is 15.2. The fourth-order valence-corrected chi connectivity index (χ4v) is 1.94. The number of amides is 1. The van der Waals surface area contributed by atoms with Crippen molar-refractivity contribution in [3.8, 4) is 0 Å². The standard InChI is InChI=1S/C17H20N2O2/c18-16(12-11-14-7-3-1-4-8-14)17(20)19-21-13-15-9-5-2-6-10-15/h1-10,16H,11-13,18H2,(H,19,20). The molecular weight excluding hydrogens is 264 g/mol. The van der Waals surface area contributed by atoms with Gasteiger partial charge in [0.1, 0.15) is 0 Å². The molecule has 1 unspecified atom stereocenters. The minimum absolute atomic E-state index is 0.290. The van der Waals surface area contributed by atoms with E-state index in [0.29, 0.717) is 13.0 Å². The van der Waals surface area contributed by atoms with Gasteiger partial charge in [-0.1, -0.05) is 60.7 Å². The highest BCUT2D eigenvalue weighted by atomic mass is 16.6. The van der Waals surface area contributed by atoms with Crippen LogP contribution < -0.4 is 11.2 Å². The van der Waals surface area contributed by atoms with Gasteiger partial charge in [-0.05, 0) is 24.0 Å². The second-order valence-electron chi connectivity index (χ2n) is 4.87. The molecular formula is C17H20N2O2. The summed E-state index contributed by atoms with van der Waals surface area (Å²) >= 11 is 0. The van der Waals surface area contributed by atoms with Gasteiger partial charge >= 0.3 is 0 Å². The van der Waals surface area contributed by atoms with E-state index in [9.17, 15) is 4.79 Å². The molecule has 3 N–H and O–H groups in total. The molecule has 2 aromatic rings. The maximum atomic E-state index is 11.8. The maximum absolute atomic E-state index is 11.8. The number of benzene rings is 2. The molecule has 1 amide bonds. The predicted molar refractivity (Wildman–Crippen MR) is 82.1 cm³/mol. The Balaban J connectivity index is 1.68. The van der Waals surface area contributed by atoms with Crippen molar-refractivity contribution in [2.45, 2.75) is 25.5 Å². The van der Waals surface area contributed by atoms with Gasteiger partial charge in [0, 0.05) is 0 Å². The molecule has 0 saturated carbocycles. The highest BCUT2D eigenvalue weighted by molar-refractivity contribution is 5.80. The normalized spacial score (nSPS) is 11.9. The van der Waals surface area contributed by atoms with Crippen molar-refractivity contribution in [2.75, 3.05) is 0 Å². The van der Waals surface area contributed by atoms with Crippen molar-refractivity contribution < 1.29 is 9.63 Å². The minimum atomic E-state index is -0.569. The summed E-state index contributed by atoms with van der Waals surface area (Å²) in [6, 6.07) is 19.0. The van der Waals surface area contributed by atoms with E-state index in [1.807, 2.05) is 60.7 Å². The first-order valence-corrected chi connectivity index (χ1v) is 7.01. The maximum Gasteiger partial charge on any atom is 0.260 e. The number of carbonyl (C=O) groups excluding carboxylic acids is 1. The van der Waals surface area contributed by atoms with Crippen LogP contribution in [0, 0.1) is 0 Å². The van der Waals surface area contributed by atoms with Crippen LogP contribution in [-0.2, 0) is 22.7 Å². The van der Waals surface area contributed by atoms with Crippen LogP contribution in [0.4, 0.5) is 0 Å². The van der Waals surface area contributed by atoms with Crippen LogP contribution in [0.5, 0.6) is 0 Å². The lowest BCUT2D eigenvalue weighted by Crippen LogP contribution is -2.40. The third kappa shape index (κ3) is 5.38. The Bertz CT molecular complexity index is 543. The number of aryl methyl sites for hydroxylation is 1. The van der Waals surface area contributed by atoms with Gasteiger partial charge in [-0.25, -0.2) is 5.48 Å². The van der Waals surface area contributed by atoms with E-state index in [0.717, 1.165) is 12.0 Å². The van der Waals surface area contributed by atoms with Gasteiger partial charge in [0.05, 0.1) is 12.6 Å². The largest absolute Gasteiger partial charge is 0.320 e. The van der Waals surface area contributed by atoms with Crippen molar-refractivity contribution in [2.24, 2.45) is 5.73 Å². The molecule has 0 radical (unpaired) electrons. The smallest absolute Gasteiger partial charge is 0.260 e. The SMILES string of the molecule is NC(CCc1ccccc1)C(=O)NOCc1ccccc1. The molecule has 0 fully saturated rings. The summed E-state index contributed by atoms with van der Waals surface area (Å²) in [6.07, 6.45) is 1.36. The molecule has 0 heterocycles. The first-order chi connectivity index (χ1) is 10.3. The van der Waals surface area contributed by atoms with E-state index in [-0.39, 0.29) is 5.91 Å². The summed E-state index contributed by atoms with van der Waals surface area (Å²) < 4.78 is 0. The Morgan fingerprint density at radius 2 is 1.57 bits per heavy atom. The van der Waals surface area contributed by atoms with Crippen LogP contribution in [-0.4, -0.2) is 11.9 Å². The fraction of sp³-hybridized carbons (Fsp3) is 0.235. The van der Waals surface area contributed by atoms with Crippen LogP contribution in [0.1, 0.15) is 17.5 Å². The number of carbonyl (C=O) groups is 1. The van der Waals surface area contributed by atoms with E-state index in [1.165, 1.54) is 5.56 Å². The lowest BCUT2D eigenvalue weighted by atomic mass is 10.1. The number of nitrogens with one attached hydrogen (secondary N) is 1. The molecule has 0 spiro atoms. The van der Waals surface area contributed by atoms with Crippen molar-refractivity contribution in [3.63, 3.8) is 0 Å². The average molecular weight is 284 g/mol. The lowest BCUT2D eigenvalue weighted by molar-refractivity contribution is -0.136. The summed E-state index contributed by atoms with van der Waals surface area (Å²) in [5.74, 6) is -0.290. The third-order valence-electron chi connectivity index (χ3n) is 3.18. The minimum Gasteiger partial charge on any atom is -0.320 e. The van der Waals surface area contributed by atoms with Gasteiger partial charge in [-0.3, -0.25) is 9.63 Å². The monoisotopic (exact) mass is 284 g/mol. The van der Waals surface area contributed by atoms with Gasteiger partial charge in [0.15, 0.2) is 0 Å². The van der Waals surface area contributed by atoms with E-state index in [1.54, 1.807) is 0 Å². The number of nitrogens with two attached hydrogens (primary N) is 1. The predicted octanol–water partition coefficient (Wildman–Crippen LogP) is 2.19. The quantitative estimate of drug-likeness (QED) is 0.766. The number of hydrogen-bond donors (Lipinski definition) is 2. The van der Waals surface area contributed by atoms with Crippen molar-refractivity contribution in [3.05, 3.63) is 71.8 Å². The van der Waals surface area contributed by atoms with Gasteiger partial charge < -0.3 is 5.73 Å². The number of rotatable bonds is 7. The second kappa shape index (κ2) is 8.19. The average Bonchev–Trinajstić information content (AvgIpc) is 2.54. The molecule has 2 aromatic carbocycles. The Labute approximate surface area is 124 Å². The van der Waals surface area contributed by atoms with Gasteiger partial charge in [0.25, 0.3) is 5.91 Å². The molecule has 0 aromatic heterocycles. The molecule has 21 heavy (non-hydrogen) atoms. The van der Waals surface area contributed by atoms with Crippen LogP contribution >= 0.6 is 0 Å². The van der Waals surface area contributed by atoms with Gasteiger partial charge in [-0.2, -0.15) is 0 Å². The van der Waals surface area contributed by atoms with Gasteiger partial charge in [0.2, 0.25) is 0 Å². The molecule has 0 bridgehead atoms. The van der Waals surface area contributed by atoms with Crippen LogP contribution in [0.3, 0.4) is 0 Å². The van der Waals surface area contributed by atoms with Crippen LogP contribution in [0.25, 0.3) is 0 Å². The third-order valence-corrected chi connectivity index (χ3v) is 3.18. The summed E-state index contributed by atoms with van der Waals surface area (Å²) in [4.78, 5) is 17.0. The first-order valence-electron chi connectivity index (χ1n) is 7.01. The van der Waals surface area contributed by atoms with Crippen molar-refractivity contribution in [1.29, 1.82) is 0 Å². The Morgan fingerprint density at radius 1 is 1.00 bits per heavy atom. The zero-order valence-corrected chi connectivity index (χ0v) is 11.9. The van der Waals surface area contributed by atoms with Crippen molar-refractivity contribution in [1.82, 2.24) is 5.48 Å². The van der Waals surface area contributed by atoms with E-state index in [2.05, 4.69) is 5.48 Å². The summed E-state index contributed by atoms with van der Waals surface area (Å²) in [6.45, 7) is 0.331. The number of hydroxylamine groups is 1. The summed E-state index contributed by atoms with van der Waals surface area (Å²) in [5.41, 5.74) is 10.4. The highest BCUT2D eigenvalue weighted by Crippen LogP contribution is 2.04. The molecule has 0 saturated heterocycles. The Kier molecular flexibility index (Phi) is 5.94. The summed E-state index contributed by atoms with van der Waals surface area (Å²) in [5, 5.41) is 0. The molecule has 0 aliphatic carbocycles. The molecule has 0 aliphatic rings. The van der Waals surface area contributed by atoms with E-state index in [4.69, 9.17) is 10.6 Å². The summed E-state index contributed by atoms with van der Waals surface area (Å²) in [7, 11) is 0. The molecule has 4 heteroatoms. The second-order valence-corrected chi connectivity index (χ2v) is 4.87. The topological polar surface area (TPSA) is 64.4 Å². The fourth-order valence-electron chi connectivity index (χ4n) is 1.94. The van der Waals surface area contributed by atoms with Crippen LogP contribution in [0.2, 0.25) is 0 Å². The molecule has 2 rings (SSSR count). The molecule has 1 atom stereocenters. The zero-order chi connectivity index (χ0) is 14.9. The lowest BCUT2D eigenvalue weighted by Gasteiger charge is -2.12. The van der Waals surface area contributed by atoms with Crippen LogP contribution in [0.15, 0.2) is 60.7 Å². The molecule has 110 valence electrons. The highest BCUT2D eigenvalue weighted by Gasteiger charge is 2.13.